The fourth-order valence-corrected chi connectivity index (χ4v) is 2.31. The number of aliphatic hydroxyl groups excluding tert-OH is 1. The summed E-state index contributed by atoms with van der Waals surface area (Å²) in [5.41, 5.74) is 0.421. The predicted molar refractivity (Wildman–Crippen MR) is 62.7 cm³/mol. The van der Waals surface area contributed by atoms with Crippen molar-refractivity contribution in [2.24, 2.45) is 0 Å². The van der Waals surface area contributed by atoms with Crippen molar-refractivity contribution in [2.45, 2.75) is 17.7 Å². The lowest BCUT2D eigenvalue weighted by Gasteiger charge is -2.06. The fourth-order valence-electron chi connectivity index (χ4n) is 1.24. The minimum absolute atomic E-state index is 0.0542. The minimum atomic E-state index is -3.51. The molecular formula is C11H14N2O3S. The van der Waals surface area contributed by atoms with Crippen molar-refractivity contribution >= 4 is 10.0 Å². The lowest BCUT2D eigenvalue weighted by molar-refractivity contribution is 0.285. The first-order valence-electron chi connectivity index (χ1n) is 5.21. The van der Waals surface area contributed by atoms with Gasteiger partial charge in [-0.1, -0.05) is 0 Å². The largest absolute Gasteiger partial charge is 0.396 e. The minimum Gasteiger partial charge on any atom is -0.396 e. The Morgan fingerprint density at radius 3 is 2.41 bits per heavy atom. The van der Waals surface area contributed by atoms with Crippen molar-refractivity contribution in [3.63, 3.8) is 0 Å². The molecule has 92 valence electrons. The van der Waals surface area contributed by atoms with Gasteiger partial charge in [-0.05, 0) is 37.1 Å². The molecule has 5 nitrogen and oxygen atoms in total. The number of nitrogens with zero attached hydrogens (tertiary/aromatic N) is 1. The number of nitriles is 1. The molecule has 0 aliphatic carbocycles. The van der Waals surface area contributed by atoms with Crippen LogP contribution >= 0.6 is 0 Å². The Bertz CT molecular complexity index is 488. The maximum absolute atomic E-state index is 11.7. The topological polar surface area (TPSA) is 90.2 Å². The number of nitrogens with one attached hydrogen (secondary N) is 1. The SMILES string of the molecule is N#Cc1ccc(S(=O)(=O)NCCCCO)cc1. The van der Waals surface area contributed by atoms with Crippen LogP contribution in [0.1, 0.15) is 18.4 Å². The average Bonchev–Trinajstić information content (AvgIpc) is 2.35. The zero-order valence-corrected chi connectivity index (χ0v) is 10.1. The molecule has 0 aliphatic heterocycles. The Labute approximate surface area is 101 Å². The van der Waals surface area contributed by atoms with E-state index in [1.54, 1.807) is 0 Å². The van der Waals surface area contributed by atoms with Crippen molar-refractivity contribution < 1.29 is 13.5 Å². The van der Waals surface area contributed by atoms with Crippen molar-refractivity contribution in [1.82, 2.24) is 4.72 Å². The third-order valence-electron chi connectivity index (χ3n) is 2.17. The van der Waals surface area contributed by atoms with Gasteiger partial charge in [0.25, 0.3) is 0 Å². The van der Waals surface area contributed by atoms with Crippen LogP contribution in [0.5, 0.6) is 0 Å². The lowest BCUT2D eigenvalue weighted by atomic mass is 10.2. The lowest BCUT2D eigenvalue weighted by Crippen LogP contribution is -2.24. The quantitative estimate of drug-likeness (QED) is 0.728. The Hall–Kier alpha value is -1.42. The molecule has 0 atom stereocenters. The number of hydrogen-bond acceptors (Lipinski definition) is 4. The summed E-state index contributed by atoms with van der Waals surface area (Å²) in [6.07, 6.45) is 1.15. The molecule has 0 aromatic heterocycles. The average molecular weight is 254 g/mol. The first-order chi connectivity index (χ1) is 8.10. The number of hydrogen-bond donors (Lipinski definition) is 2. The third-order valence-corrected chi connectivity index (χ3v) is 3.65. The molecule has 0 saturated carbocycles. The highest BCUT2D eigenvalue weighted by Gasteiger charge is 2.12. The highest BCUT2D eigenvalue weighted by atomic mass is 32.2. The van der Waals surface area contributed by atoms with E-state index in [4.69, 9.17) is 10.4 Å². The Morgan fingerprint density at radius 2 is 1.88 bits per heavy atom. The van der Waals surface area contributed by atoms with Gasteiger partial charge in [0, 0.05) is 13.2 Å². The zero-order valence-electron chi connectivity index (χ0n) is 9.26. The number of sulfonamides is 1. The van der Waals surface area contributed by atoms with Crippen molar-refractivity contribution in [3.8, 4) is 6.07 Å². The number of aliphatic hydroxyl groups is 1. The second-order valence-corrected chi connectivity index (χ2v) is 5.23. The third kappa shape index (κ3) is 4.15. The van der Waals surface area contributed by atoms with Crippen LogP contribution in [0.3, 0.4) is 0 Å². The van der Waals surface area contributed by atoms with E-state index in [1.807, 2.05) is 6.07 Å². The molecule has 0 fully saturated rings. The highest BCUT2D eigenvalue weighted by Crippen LogP contribution is 2.09. The van der Waals surface area contributed by atoms with Crippen LogP contribution in [0.15, 0.2) is 29.2 Å². The van der Waals surface area contributed by atoms with Crippen molar-refractivity contribution in [1.29, 1.82) is 5.26 Å². The van der Waals surface area contributed by atoms with Crippen LogP contribution in [-0.4, -0.2) is 26.7 Å². The van der Waals surface area contributed by atoms with Crippen LogP contribution in [0.4, 0.5) is 0 Å². The van der Waals surface area contributed by atoms with Crippen molar-refractivity contribution in [3.05, 3.63) is 29.8 Å². The Balaban J connectivity index is 2.66. The van der Waals surface area contributed by atoms with Crippen LogP contribution in [0, 0.1) is 11.3 Å². The summed E-state index contributed by atoms with van der Waals surface area (Å²) < 4.78 is 25.9. The van der Waals surface area contributed by atoms with Crippen LogP contribution in [0.25, 0.3) is 0 Å². The molecule has 0 heterocycles. The van der Waals surface area contributed by atoms with E-state index in [2.05, 4.69) is 4.72 Å². The molecule has 0 radical (unpaired) electrons. The van der Waals surface area contributed by atoms with Gasteiger partial charge in [0.1, 0.15) is 0 Å². The summed E-state index contributed by atoms with van der Waals surface area (Å²) in [7, 11) is -3.51. The number of rotatable bonds is 6. The predicted octanol–water partition coefficient (Wildman–Crippen LogP) is 0.609. The van der Waals surface area contributed by atoms with Gasteiger partial charge in [0.2, 0.25) is 10.0 Å². The molecule has 0 aliphatic rings. The second-order valence-electron chi connectivity index (χ2n) is 3.46. The Kier molecular flexibility index (Phi) is 5.10. The van der Waals surface area contributed by atoms with Crippen LogP contribution in [0.2, 0.25) is 0 Å². The maximum Gasteiger partial charge on any atom is 0.240 e. The molecule has 17 heavy (non-hydrogen) atoms. The molecule has 0 spiro atoms. The van der Waals surface area contributed by atoms with Gasteiger partial charge >= 0.3 is 0 Å². The van der Waals surface area contributed by atoms with E-state index in [9.17, 15) is 8.42 Å². The number of benzene rings is 1. The van der Waals surface area contributed by atoms with Crippen LogP contribution < -0.4 is 4.72 Å². The van der Waals surface area contributed by atoms with Gasteiger partial charge in [0.05, 0.1) is 16.5 Å². The maximum atomic E-state index is 11.7. The van der Waals surface area contributed by atoms with Gasteiger partial charge in [-0.15, -0.1) is 0 Å². The molecule has 6 heteroatoms. The molecule has 0 unspecified atom stereocenters. The summed E-state index contributed by atoms with van der Waals surface area (Å²) >= 11 is 0. The smallest absolute Gasteiger partial charge is 0.240 e. The van der Waals surface area contributed by atoms with Gasteiger partial charge in [-0.2, -0.15) is 5.26 Å². The monoisotopic (exact) mass is 254 g/mol. The zero-order chi connectivity index (χ0) is 12.7. The van der Waals surface area contributed by atoms with E-state index < -0.39 is 10.0 Å². The summed E-state index contributed by atoms with van der Waals surface area (Å²) in [6, 6.07) is 7.64. The van der Waals surface area contributed by atoms with Crippen molar-refractivity contribution in [2.75, 3.05) is 13.2 Å². The first-order valence-corrected chi connectivity index (χ1v) is 6.69. The Morgan fingerprint density at radius 1 is 1.24 bits per heavy atom. The summed E-state index contributed by atoms with van der Waals surface area (Å²) in [5, 5.41) is 17.2. The summed E-state index contributed by atoms with van der Waals surface area (Å²) in [5.74, 6) is 0. The van der Waals surface area contributed by atoms with Crippen LogP contribution in [-0.2, 0) is 10.0 Å². The molecule has 0 bridgehead atoms. The van der Waals surface area contributed by atoms with Gasteiger partial charge in [-0.25, -0.2) is 13.1 Å². The molecule has 1 rings (SSSR count). The molecule has 2 N–H and O–H groups in total. The molecule has 0 saturated heterocycles. The highest BCUT2D eigenvalue weighted by molar-refractivity contribution is 7.89. The second kappa shape index (κ2) is 6.35. The molecule has 1 aromatic carbocycles. The van der Waals surface area contributed by atoms with E-state index in [-0.39, 0.29) is 11.5 Å². The molecule has 1 aromatic rings. The van der Waals surface area contributed by atoms with Gasteiger partial charge < -0.3 is 5.11 Å². The summed E-state index contributed by atoms with van der Waals surface area (Å²) in [4.78, 5) is 0.139. The standard InChI is InChI=1S/C11H14N2O3S/c12-9-10-3-5-11(6-4-10)17(15,16)13-7-1-2-8-14/h3-6,13-14H,1-2,7-8H2. The van der Waals surface area contributed by atoms with E-state index >= 15 is 0 Å². The van der Waals surface area contributed by atoms with E-state index in [0.717, 1.165) is 0 Å². The fraction of sp³-hybridized carbons (Fsp3) is 0.364. The molecule has 0 amide bonds. The van der Waals surface area contributed by atoms with E-state index in [0.29, 0.717) is 24.9 Å². The van der Waals surface area contributed by atoms with Gasteiger partial charge in [-0.3, -0.25) is 0 Å². The summed E-state index contributed by atoms with van der Waals surface area (Å²) in [6.45, 7) is 0.349. The van der Waals surface area contributed by atoms with Gasteiger partial charge in [0.15, 0.2) is 0 Å². The normalized spacial score (nSPS) is 11.1. The number of unbranched alkanes of at least 4 members (excludes halogenated alkanes) is 1. The first kappa shape index (κ1) is 13.6. The van der Waals surface area contributed by atoms with E-state index in [1.165, 1.54) is 24.3 Å². The molecular weight excluding hydrogens is 240 g/mol.